The number of nitrogens with one attached hydrogen (secondary N) is 3. The largest absolute Gasteiger partial charge is 0.351 e. The molecular weight excluding hydrogens is 286 g/mol. The number of amides is 1. The summed E-state index contributed by atoms with van der Waals surface area (Å²) in [5, 5.41) is 6.37. The van der Waals surface area contributed by atoms with Gasteiger partial charge in [-0.05, 0) is 37.1 Å². The van der Waals surface area contributed by atoms with Crippen LogP contribution in [0.2, 0.25) is 0 Å². The van der Waals surface area contributed by atoms with Gasteiger partial charge in [-0.2, -0.15) is 0 Å². The van der Waals surface area contributed by atoms with Gasteiger partial charge in [-0.25, -0.2) is 0 Å². The molecule has 1 aromatic carbocycles. The number of hydrogen-bond acceptors (Lipinski definition) is 2. The number of hydrogen-bond donors (Lipinski definition) is 3. The zero-order valence-corrected chi connectivity index (χ0v) is 12.6. The van der Waals surface area contributed by atoms with Gasteiger partial charge in [-0.1, -0.05) is 30.3 Å². The van der Waals surface area contributed by atoms with Gasteiger partial charge in [0.05, 0.1) is 0 Å². The molecule has 4 nitrogen and oxygen atoms in total. The summed E-state index contributed by atoms with van der Waals surface area (Å²) in [6, 6.07) is 14.0. The van der Waals surface area contributed by atoms with Crippen molar-refractivity contribution in [3.8, 4) is 11.3 Å². The Balaban J connectivity index is 0.00000161. The molecule has 0 spiro atoms. The van der Waals surface area contributed by atoms with Crippen LogP contribution in [0.5, 0.6) is 0 Å². The van der Waals surface area contributed by atoms with Gasteiger partial charge < -0.3 is 15.6 Å². The lowest BCUT2D eigenvalue weighted by Crippen LogP contribution is -2.45. The minimum Gasteiger partial charge on any atom is -0.351 e. The number of aromatic amines is 1. The third kappa shape index (κ3) is 3.86. The Labute approximate surface area is 130 Å². The molecule has 1 aromatic heterocycles. The van der Waals surface area contributed by atoms with Gasteiger partial charge in [0.15, 0.2) is 0 Å². The van der Waals surface area contributed by atoms with E-state index in [1.165, 1.54) is 0 Å². The van der Waals surface area contributed by atoms with E-state index in [0.717, 1.165) is 37.2 Å². The lowest BCUT2D eigenvalue weighted by molar-refractivity contribution is 0.0926. The van der Waals surface area contributed by atoms with Gasteiger partial charge >= 0.3 is 0 Å². The molecule has 112 valence electrons. The van der Waals surface area contributed by atoms with Crippen molar-refractivity contribution in [2.45, 2.75) is 18.9 Å². The maximum absolute atomic E-state index is 12.2. The van der Waals surface area contributed by atoms with Crippen molar-refractivity contribution in [3.05, 3.63) is 48.2 Å². The molecule has 0 aliphatic carbocycles. The van der Waals surface area contributed by atoms with Crippen LogP contribution in [-0.4, -0.2) is 30.0 Å². The van der Waals surface area contributed by atoms with Crippen LogP contribution in [0.4, 0.5) is 0 Å². The van der Waals surface area contributed by atoms with Gasteiger partial charge in [0.25, 0.3) is 5.91 Å². The highest BCUT2D eigenvalue weighted by Crippen LogP contribution is 2.18. The van der Waals surface area contributed by atoms with E-state index in [1.54, 1.807) is 0 Å². The summed E-state index contributed by atoms with van der Waals surface area (Å²) in [6.07, 6.45) is 2.16. The molecule has 1 amide bonds. The zero-order valence-electron chi connectivity index (χ0n) is 11.8. The second-order valence-electron chi connectivity index (χ2n) is 5.17. The van der Waals surface area contributed by atoms with Gasteiger partial charge in [0.1, 0.15) is 5.69 Å². The Morgan fingerprint density at radius 3 is 2.67 bits per heavy atom. The molecule has 21 heavy (non-hydrogen) atoms. The van der Waals surface area contributed by atoms with Crippen molar-refractivity contribution in [3.63, 3.8) is 0 Å². The molecule has 1 unspecified atom stereocenters. The first kappa shape index (κ1) is 15.6. The van der Waals surface area contributed by atoms with Crippen molar-refractivity contribution >= 4 is 18.3 Å². The van der Waals surface area contributed by atoms with Crippen LogP contribution in [0, 0.1) is 0 Å². The van der Waals surface area contributed by atoms with Crippen LogP contribution >= 0.6 is 12.4 Å². The van der Waals surface area contributed by atoms with Crippen LogP contribution in [-0.2, 0) is 0 Å². The molecule has 1 saturated heterocycles. The van der Waals surface area contributed by atoms with E-state index in [9.17, 15) is 4.79 Å². The molecule has 5 heteroatoms. The Kier molecular flexibility index (Phi) is 5.42. The van der Waals surface area contributed by atoms with Crippen molar-refractivity contribution in [1.29, 1.82) is 0 Å². The van der Waals surface area contributed by atoms with Crippen LogP contribution in [0.1, 0.15) is 23.3 Å². The van der Waals surface area contributed by atoms with Gasteiger partial charge in [0.2, 0.25) is 0 Å². The summed E-state index contributed by atoms with van der Waals surface area (Å²) >= 11 is 0. The predicted molar refractivity (Wildman–Crippen MR) is 86.8 cm³/mol. The molecular formula is C16H20ClN3O. The number of rotatable bonds is 3. The first-order valence-corrected chi connectivity index (χ1v) is 7.09. The first-order chi connectivity index (χ1) is 9.83. The highest BCUT2D eigenvalue weighted by molar-refractivity contribution is 5.93. The van der Waals surface area contributed by atoms with E-state index in [2.05, 4.69) is 15.6 Å². The second-order valence-corrected chi connectivity index (χ2v) is 5.17. The summed E-state index contributed by atoms with van der Waals surface area (Å²) in [5.41, 5.74) is 2.68. The van der Waals surface area contributed by atoms with Crippen LogP contribution in [0.3, 0.4) is 0 Å². The predicted octanol–water partition coefficient (Wildman–Crippen LogP) is 2.59. The number of benzene rings is 1. The van der Waals surface area contributed by atoms with E-state index < -0.39 is 0 Å². The first-order valence-electron chi connectivity index (χ1n) is 7.09. The molecule has 1 atom stereocenters. The summed E-state index contributed by atoms with van der Waals surface area (Å²) in [5.74, 6) is -0.0270. The van der Waals surface area contributed by atoms with Gasteiger partial charge in [-0.15, -0.1) is 12.4 Å². The monoisotopic (exact) mass is 305 g/mol. The number of halogens is 1. The molecule has 0 bridgehead atoms. The van der Waals surface area contributed by atoms with E-state index in [1.807, 2.05) is 42.5 Å². The second kappa shape index (κ2) is 7.29. The number of H-pyrrole nitrogens is 1. The quantitative estimate of drug-likeness (QED) is 0.816. The molecule has 1 fully saturated rings. The smallest absolute Gasteiger partial charge is 0.267 e. The standard InChI is InChI=1S/C16H19N3O.ClH/c20-16(18-13-7-4-10-17-11-13)15-9-8-14(19-15)12-5-2-1-3-6-12;/h1-3,5-6,8-9,13,17,19H,4,7,10-11H2,(H,18,20);1H. The highest BCUT2D eigenvalue weighted by Gasteiger charge is 2.17. The van der Waals surface area contributed by atoms with Crippen LogP contribution < -0.4 is 10.6 Å². The van der Waals surface area contributed by atoms with Crippen molar-refractivity contribution < 1.29 is 4.79 Å². The molecule has 3 rings (SSSR count). The zero-order chi connectivity index (χ0) is 13.8. The highest BCUT2D eigenvalue weighted by atomic mass is 35.5. The summed E-state index contributed by atoms with van der Waals surface area (Å²) in [6.45, 7) is 1.91. The molecule has 1 aliphatic rings. The third-order valence-corrected chi connectivity index (χ3v) is 3.65. The summed E-state index contributed by atoms with van der Waals surface area (Å²) in [7, 11) is 0. The Hall–Kier alpha value is -1.78. The SMILES string of the molecule is Cl.O=C(NC1CCCNC1)c1ccc(-c2ccccc2)[nH]1. The van der Waals surface area contributed by atoms with E-state index in [0.29, 0.717) is 5.69 Å². The molecule has 2 heterocycles. The fourth-order valence-electron chi connectivity index (χ4n) is 2.55. The Morgan fingerprint density at radius 2 is 1.95 bits per heavy atom. The summed E-state index contributed by atoms with van der Waals surface area (Å²) < 4.78 is 0. The third-order valence-electron chi connectivity index (χ3n) is 3.65. The fourth-order valence-corrected chi connectivity index (χ4v) is 2.55. The average molecular weight is 306 g/mol. The Bertz CT molecular complexity index is 576. The van der Waals surface area contributed by atoms with Crippen LogP contribution in [0.15, 0.2) is 42.5 Å². The molecule has 2 aromatic rings. The Morgan fingerprint density at radius 1 is 1.14 bits per heavy atom. The number of carbonyl (C=O) groups is 1. The fraction of sp³-hybridized carbons (Fsp3) is 0.312. The van der Waals surface area contributed by atoms with Crippen molar-refractivity contribution in [2.75, 3.05) is 13.1 Å². The van der Waals surface area contributed by atoms with E-state index in [-0.39, 0.29) is 24.4 Å². The number of aromatic nitrogens is 1. The minimum atomic E-state index is -0.0270. The maximum atomic E-state index is 12.2. The van der Waals surface area contributed by atoms with Crippen molar-refractivity contribution in [1.82, 2.24) is 15.6 Å². The summed E-state index contributed by atoms with van der Waals surface area (Å²) in [4.78, 5) is 15.4. The minimum absolute atomic E-state index is 0. The lowest BCUT2D eigenvalue weighted by atomic mass is 10.1. The van der Waals surface area contributed by atoms with E-state index in [4.69, 9.17) is 0 Å². The van der Waals surface area contributed by atoms with E-state index >= 15 is 0 Å². The van der Waals surface area contributed by atoms with Gasteiger partial charge in [0, 0.05) is 18.3 Å². The molecule has 1 aliphatic heterocycles. The molecule has 0 saturated carbocycles. The van der Waals surface area contributed by atoms with Crippen molar-refractivity contribution in [2.24, 2.45) is 0 Å². The maximum Gasteiger partial charge on any atom is 0.267 e. The topological polar surface area (TPSA) is 56.9 Å². The average Bonchev–Trinajstić information content (AvgIpc) is 2.99. The lowest BCUT2D eigenvalue weighted by Gasteiger charge is -2.23. The molecule has 0 radical (unpaired) electrons. The normalized spacial score (nSPS) is 17.8. The molecule has 3 N–H and O–H groups in total. The number of carbonyl (C=O) groups excluding carboxylic acids is 1. The van der Waals surface area contributed by atoms with Crippen LogP contribution in [0.25, 0.3) is 11.3 Å². The number of piperidine rings is 1. The van der Waals surface area contributed by atoms with Gasteiger partial charge in [-0.3, -0.25) is 4.79 Å².